The summed E-state index contributed by atoms with van der Waals surface area (Å²) >= 11 is 1.26. The Hall–Kier alpha value is -3.92. The minimum absolute atomic E-state index is 0.107. The fraction of sp³-hybridized carbons (Fsp3) is 0.240. The lowest BCUT2D eigenvalue weighted by molar-refractivity contribution is -0.113. The van der Waals surface area contributed by atoms with Gasteiger partial charge >= 0.3 is 0 Å². The van der Waals surface area contributed by atoms with E-state index in [4.69, 9.17) is 13.9 Å². The van der Waals surface area contributed by atoms with E-state index in [1.54, 1.807) is 48.7 Å². The lowest BCUT2D eigenvalue weighted by atomic mass is 10.2. The number of nitrogens with one attached hydrogen (secondary N) is 1. The number of thioether (sulfide) groups is 1. The van der Waals surface area contributed by atoms with Gasteiger partial charge in [0.1, 0.15) is 23.0 Å². The maximum atomic E-state index is 12.8. The van der Waals surface area contributed by atoms with Gasteiger partial charge < -0.3 is 24.3 Å². The highest BCUT2D eigenvalue weighted by Gasteiger charge is 2.18. The topological polar surface area (TPSA) is 112 Å². The third kappa shape index (κ3) is 6.15. The Morgan fingerprint density at radius 2 is 1.89 bits per heavy atom. The first-order valence-electron chi connectivity index (χ1n) is 11.1. The molecule has 0 aliphatic heterocycles. The third-order valence-corrected chi connectivity index (χ3v) is 5.87. The number of rotatable bonds is 11. The number of carbonyl (C=O) groups excluding carboxylic acids is 1. The van der Waals surface area contributed by atoms with Crippen LogP contribution >= 0.6 is 11.8 Å². The van der Waals surface area contributed by atoms with E-state index in [0.717, 1.165) is 11.3 Å². The first-order valence-corrected chi connectivity index (χ1v) is 12.1. The normalized spacial score (nSPS) is 10.8. The summed E-state index contributed by atoms with van der Waals surface area (Å²) in [5.74, 6) is 2.61. The van der Waals surface area contributed by atoms with E-state index in [-0.39, 0.29) is 17.4 Å². The fourth-order valence-electron chi connectivity index (χ4n) is 3.38. The van der Waals surface area contributed by atoms with Crippen LogP contribution in [0.4, 0.5) is 5.69 Å². The Bertz CT molecular complexity index is 1260. The quantitative estimate of drug-likeness (QED) is 0.286. The van der Waals surface area contributed by atoms with Crippen molar-refractivity contribution in [3.05, 3.63) is 66.6 Å². The van der Waals surface area contributed by atoms with Gasteiger partial charge in [0.25, 0.3) is 0 Å². The van der Waals surface area contributed by atoms with Crippen molar-refractivity contribution in [2.45, 2.75) is 25.5 Å². The van der Waals surface area contributed by atoms with Crippen molar-refractivity contribution in [2.75, 3.05) is 24.3 Å². The number of carbonyl (C=O) groups is 1. The molecule has 0 radical (unpaired) electrons. The van der Waals surface area contributed by atoms with E-state index < -0.39 is 0 Å². The molecular weight excluding hydrogens is 468 g/mol. The molecule has 2 aromatic heterocycles. The van der Waals surface area contributed by atoms with Crippen LogP contribution in [0, 0.1) is 0 Å². The van der Waals surface area contributed by atoms with Crippen molar-refractivity contribution in [1.82, 2.24) is 14.8 Å². The monoisotopic (exact) mass is 494 g/mol. The second-order valence-electron chi connectivity index (χ2n) is 7.38. The number of aromatic hydroxyl groups is 1. The van der Waals surface area contributed by atoms with Crippen LogP contribution in [0.15, 0.2) is 70.4 Å². The lowest BCUT2D eigenvalue weighted by Gasteiger charge is -2.13. The van der Waals surface area contributed by atoms with Crippen LogP contribution < -0.4 is 14.8 Å². The minimum atomic E-state index is -0.219. The summed E-state index contributed by atoms with van der Waals surface area (Å²) < 4.78 is 18.6. The highest BCUT2D eigenvalue weighted by molar-refractivity contribution is 7.99. The van der Waals surface area contributed by atoms with Crippen molar-refractivity contribution in [3.8, 4) is 28.6 Å². The Morgan fingerprint density at radius 3 is 2.60 bits per heavy atom. The number of ether oxygens (including phenoxy) is 2. The first-order chi connectivity index (χ1) is 17.1. The largest absolute Gasteiger partial charge is 0.508 e. The van der Waals surface area contributed by atoms with Gasteiger partial charge in [-0.2, -0.15) is 0 Å². The van der Waals surface area contributed by atoms with Crippen molar-refractivity contribution < 1.29 is 23.8 Å². The second-order valence-corrected chi connectivity index (χ2v) is 8.32. The average Bonchev–Trinajstić information content (AvgIpc) is 3.51. The molecule has 2 heterocycles. The summed E-state index contributed by atoms with van der Waals surface area (Å²) in [7, 11) is 0. The molecule has 4 rings (SSSR count). The molecule has 0 atom stereocenters. The molecule has 182 valence electrons. The Balaban J connectivity index is 1.52. The molecule has 2 aromatic carbocycles. The number of anilines is 1. The van der Waals surface area contributed by atoms with E-state index in [1.165, 1.54) is 11.8 Å². The van der Waals surface area contributed by atoms with E-state index >= 15 is 0 Å². The van der Waals surface area contributed by atoms with Gasteiger partial charge in [-0.3, -0.25) is 9.36 Å². The molecule has 0 unspecified atom stereocenters. The van der Waals surface area contributed by atoms with Crippen LogP contribution in [0.1, 0.15) is 19.6 Å². The van der Waals surface area contributed by atoms with Crippen molar-refractivity contribution in [1.29, 1.82) is 0 Å². The van der Waals surface area contributed by atoms with Gasteiger partial charge in [-0.1, -0.05) is 11.8 Å². The SMILES string of the molecule is CCOc1ccc(OCC)c(NC(=O)CSc2nnc(-c3ccc(O)cc3)n2Cc2ccco2)c1. The lowest BCUT2D eigenvalue weighted by Crippen LogP contribution is -2.16. The van der Waals surface area contributed by atoms with Crippen LogP contribution in [0.25, 0.3) is 11.4 Å². The average molecular weight is 495 g/mol. The molecule has 0 spiro atoms. The molecule has 0 fully saturated rings. The van der Waals surface area contributed by atoms with Crippen molar-refractivity contribution in [2.24, 2.45) is 0 Å². The van der Waals surface area contributed by atoms with Gasteiger partial charge in [-0.25, -0.2) is 0 Å². The van der Waals surface area contributed by atoms with Gasteiger partial charge in [0.2, 0.25) is 5.91 Å². The van der Waals surface area contributed by atoms with Gasteiger partial charge in [0.15, 0.2) is 11.0 Å². The fourth-order valence-corrected chi connectivity index (χ4v) is 4.12. The number of phenolic OH excluding ortho intramolecular Hbond substituents is 1. The van der Waals surface area contributed by atoms with E-state index in [0.29, 0.717) is 47.9 Å². The Kier molecular flexibility index (Phi) is 7.94. The highest BCUT2D eigenvalue weighted by atomic mass is 32.2. The van der Waals surface area contributed by atoms with Crippen LogP contribution in [-0.4, -0.2) is 44.7 Å². The van der Waals surface area contributed by atoms with Crippen LogP contribution in [0.2, 0.25) is 0 Å². The van der Waals surface area contributed by atoms with Crippen molar-refractivity contribution in [3.63, 3.8) is 0 Å². The number of hydrogen-bond donors (Lipinski definition) is 2. The minimum Gasteiger partial charge on any atom is -0.508 e. The zero-order valence-corrected chi connectivity index (χ0v) is 20.2. The predicted molar refractivity (Wildman–Crippen MR) is 133 cm³/mol. The summed E-state index contributed by atoms with van der Waals surface area (Å²) in [6, 6.07) is 15.7. The molecule has 0 bridgehead atoms. The summed E-state index contributed by atoms with van der Waals surface area (Å²) in [6.07, 6.45) is 1.60. The molecule has 1 amide bonds. The molecule has 0 aliphatic carbocycles. The summed E-state index contributed by atoms with van der Waals surface area (Å²) in [6.45, 7) is 5.17. The molecule has 0 aliphatic rings. The maximum absolute atomic E-state index is 12.8. The Labute approximate surface area is 207 Å². The number of phenols is 1. The maximum Gasteiger partial charge on any atom is 0.234 e. The molecule has 35 heavy (non-hydrogen) atoms. The van der Waals surface area contributed by atoms with Crippen LogP contribution in [0.3, 0.4) is 0 Å². The molecule has 0 saturated carbocycles. The number of benzene rings is 2. The van der Waals surface area contributed by atoms with Gasteiger partial charge in [0, 0.05) is 11.6 Å². The molecule has 9 nitrogen and oxygen atoms in total. The number of furan rings is 1. The van der Waals surface area contributed by atoms with E-state index in [9.17, 15) is 9.90 Å². The summed E-state index contributed by atoms with van der Waals surface area (Å²) in [4.78, 5) is 12.8. The van der Waals surface area contributed by atoms with Crippen LogP contribution in [-0.2, 0) is 11.3 Å². The third-order valence-electron chi connectivity index (χ3n) is 4.90. The predicted octanol–water partition coefficient (Wildman–Crippen LogP) is 4.82. The number of nitrogens with zero attached hydrogens (tertiary/aromatic N) is 3. The number of amides is 1. The standard InChI is InChI=1S/C25H26N4O5S/c1-3-32-19-11-12-22(33-4-2)21(14-19)26-23(31)16-35-25-28-27-24(17-7-9-18(30)10-8-17)29(25)15-20-6-5-13-34-20/h5-14,30H,3-4,15-16H2,1-2H3,(H,26,31). The van der Waals surface area contributed by atoms with E-state index in [2.05, 4.69) is 15.5 Å². The molecular formula is C25H26N4O5S. The van der Waals surface area contributed by atoms with Crippen molar-refractivity contribution >= 4 is 23.4 Å². The molecule has 10 heteroatoms. The number of hydrogen-bond acceptors (Lipinski definition) is 8. The highest BCUT2D eigenvalue weighted by Crippen LogP contribution is 2.31. The first kappa shape index (κ1) is 24.2. The molecule has 2 N–H and O–H groups in total. The molecule has 0 saturated heterocycles. The van der Waals surface area contributed by atoms with Gasteiger partial charge in [-0.05, 0) is 62.4 Å². The second kappa shape index (κ2) is 11.5. The van der Waals surface area contributed by atoms with Gasteiger partial charge in [0.05, 0.1) is 37.5 Å². The zero-order chi connectivity index (χ0) is 24.6. The molecule has 4 aromatic rings. The van der Waals surface area contributed by atoms with Crippen LogP contribution in [0.5, 0.6) is 17.2 Å². The van der Waals surface area contributed by atoms with E-state index in [1.807, 2.05) is 30.5 Å². The zero-order valence-electron chi connectivity index (χ0n) is 19.4. The summed E-state index contributed by atoms with van der Waals surface area (Å²) in [5, 5.41) is 21.7. The van der Waals surface area contributed by atoms with Gasteiger partial charge in [-0.15, -0.1) is 10.2 Å². The number of aromatic nitrogens is 3. The Morgan fingerprint density at radius 1 is 1.09 bits per heavy atom. The smallest absolute Gasteiger partial charge is 0.234 e. The summed E-state index contributed by atoms with van der Waals surface area (Å²) in [5.41, 5.74) is 1.33.